The van der Waals surface area contributed by atoms with Crippen molar-refractivity contribution in [3.05, 3.63) is 136 Å². The lowest BCUT2D eigenvalue weighted by Crippen LogP contribution is -2.30. The summed E-state index contributed by atoms with van der Waals surface area (Å²) in [6, 6.07) is 35.0. The molecular weight excluding hydrogens is 418 g/mol. The summed E-state index contributed by atoms with van der Waals surface area (Å²) in [6.45, 7) is 1.40. The van der Waals surface area contributed by atoms with E-state index in [1.54, 1.807) is 6.07 Å². The lowest BCUT2D eigenvalue weighted by atomic mass is 10.1. The van der Waals surface area contributed by atoms with Crippen molar-refractivity contribution in [2.45, 2.75) is 19.7 Å². The molecule has 4 aromatic carbocycles. The fourth-order valence-electron chi connectivity index (χ4n) is 3.49. The standard InChI is InChI=1S/C28H24ClNO2/c29-27-17-8-7-14-25(27)21-32-26-16-9-15-24(18-26)28(31)30(19-22-10-3-1-4-11-22)20-23-12-5-2-6-13-23/h1-18H,19-21H2. The summed E-state index contributed by atoms with van der Waals surface area (Å²) < 4.78 is 5.92. The average molecular weight is 442 g/mol. The van der Waals surface area contributed by atoms with Gasteiger partial charge < -0.3 is 9.64 Å². The van der Waals surface area contributed by atoms with Gasteiger partial charge in [0.1, 0.15) is 12.4 Å². The minimum Gasteiger partial charge on any atom is -0.489 e. The van der Waals surface area contributed by atoms with Crippen molar-refractivity contribution in [2.24, 2.45) is 0 Å². The number of benzene rings is 4. The van der Waals surface area contributed by atoms with Gasteiger partial charge in [0.15, 0.2) is 0 Å². The summed E-state index contributed by atoms with van der Waals surface area (Å²) in [4.78, 5) is 15.3. The predicted molar refractivity (Wildman–Crippen MR) is 129 cm³/mol. The molecular formula is C28H24ClNO2. The maximum Gasteiger partial charge on any atom is 0.254 e. The van der Waals surface area contributed by atoms with Crippen LogP contribution in [0.2, 0.25) is 5.02 Å². The molecule has 0 aliphatic carbocycles. The first-order chi connectivity index (χ1) is 15.7. The summed E-state index contributed by atoms with van der Waals surface area (Å²) in [5.41, 5.74) is 3.67. The molecule has 4 heteroatoms. The third-order valence-corrected chi connectivity index (χ3v) is 5.52. The predicted octanol–water partition coefficient (Wildman–Crippen LogP) is 6.76. The Hall–Kier alpha value is -3.56. The molecule has 0 bridgehead atoms. The van der Waals surface area contributed by atoms with E-state index in [1.165, 1.54) is 0 Å². The molecule has 160 valence electrons. The summed E-state index contributed by atoms with van der Waals surface area (Å²) in [6.07, 6.45) is 0. The molecule has 0 saturated carbocycles. The van der Waals surface area contributed by atoms with Crippen LogP contribution in [-0.4, -0.2) is 10.8 Å². The topological polar surface area (TPSA) is 29.5 Å². The van der Waals surface area contributed by atoms with Gasteiger partial charge in [-0.05, 0) is 35.4 Å². The molecule has 0 atom stereocenters. The Bertz CT molecular complexity index is 1120. The van der Waals surface area contributed by atoms with E-state index in [9.17, 15) is 4.79 Å². The van der Waals surface area contributed by atoms with Crippen molar-refractivity contribution in [3.63, 3.8) is 0 Å². The number of amides is 1. The number of halogens is 1. The second-order valence-electron chi connectivity index (χ2n) is 7.54. The Morgan fingerprint density at radius 1 is 0.719 bits per heavy atom. The molecule has 0 N–H and O–H groups in total. The molecule has 0 aromatic heterocycles. The van der Waals surface area contributed by atoms with Gasteiger partial charge in [-0.3, -0.25) is 4.79 Å². The third-order valence-electron chi connectivity index (χ3n) is 5.15. The minimum atomic E-state index is -0.0408. The van der Waals surface area contributed by atoms with Crippen LogP contribution >= 0.6 is 11.6 Å². The highest BCUT2D eigenvalue weighted by Crippen LogP contribution is 2.21. The number of rotatable bonds is 8. The number of nitrogens with zero attached hydrogens (tertiary/aromatic N) is 1. The van der Waals surface area contributed by atoms with Gasteiger partial charge in [-0.25, -0.2) is 0 Å². The average Bonchev–Trinajstić information content (AvgIpc) is 2.84. The molecule has 3 nitrogen and oxygen atoms in total. The highest BCUT2D eigenvalue weighted by atomic mass is 35.5. The monoisotopic (exact) mass is 441 g/mol. The molecule has 0 heterocycles. The van der Waals surface area contributed by atoms with Gasteiger partial charge >= 0.3 is 0 Å². The van der Waals surface area contributed by atoms with Gasteiger partial charge in [0, 0.05) is 29.2 Å². The van der Waals surface area contributed by atoms with Crippen LogP contribution in [-0.2, 0) is 19.7 Å². The van der Waals surface area contributed by atoms with Gasteiger partial charge in [-0.1, -0.05) is 96.5 Å². The fourth-order valence-corrected chi connectivity index (χ4v) is 3.68. The van der Waals surface area contributed by atoms with Gasteiger partial charge in [0.2, 0.25) is 0 Å². The molecule has 0 saturated heterocycles. The first-order valence-electron chi connectivity index (χ1n) is 10.5. The Morgan fingerprint density at radius 3 is 1.94 bits per heavy atom. The second-order valence-corrected chi connectivity index (χ2v) is 7.95. The third kappa shape index (κ3) is 5.77. The number of carbonyl (C=O) groups excluding carboxylic acids is 1. The normalized spacial score (nSPS) is 10.5. The van der Waals surface area contributed by atoms with Crippen LogP contribution in [0.15, 0.2) is 109 Å². The summed E-state index contributed by atoms with van der Waals surface area (Å²) >= 11 is 6.23. The number of ether oxygens (including phenoxy) is 1. The zero-order chi connectivity index (χ0) is 22.2. The maximum absolute atomic E-state index is 13.5. The quantitative estimate of drug-likeness (QED) is 0.302. The van der Waals surface area contributed by atoms with E-state index in [1.807, 2.05) is 108 Å². The second kappa shape index (κ2) is 10.7. The van der Waals surface area contributed by atoms with Crippen LogP contribution in [0, 0.1) is 0 Å². The highest BCUT2D eigenvalue weighted by molar-refractivity contribution is 6.31. The Labute approximate surface area is 193 Å². The van der Waals surface area contributed by atoms with Crippen LogP contribution in [0.1, 0.15) is 27.0 Å². The van der Waals surface area contributed by atoms with E-state index < -0.39 is 0 Å². The lowest BCUT2D eigenvalue weighted by molar-refractivity contribution is 0.0729. The zero-order valence-corrected chi connectivity index (χ0v) is 18.4. The maximum atomic E-state index is 13.5. The van der Waals surface area contributed by atoms with Crippen molar-refractivity contribution < 1.29 is 9.53 Å². The molecule has 1 amide bonds. The molecule has 0 spiro atoms. The first kappa shape index (κ1) is 21.7. The van der Waals surface area contributed by atoms with Crippen LogP contribution < -0.4 is 4.74 Å². The summed E-state index contributed by atoms with van der Waals surface area (Å²) in [5.74, 6) is 0.594. The van der Waals surface area contributed by atoms with Crippen molar-refractivity contribution in [3.8, 4) is 5.75 Å². The van der Waals surface area contributed by atoms with Crippen LogP contribution in [0.4, 0.5) is 0 Å². The molecule has 4 aromatic rings. The molecule has 0 aliphatic rings. The van der Waals surface area contributed by atoms with Gasteiger partial charge in [-0.2, -0.15) is 0 Å². The Kier molecular flexibility index (Phi) is 7.21. The number of hydrogen-bond acceptors (Lipinski definition) is 2. The molecule has 0 unspecified atom stereocenters. The molecule has 0 aliphatic heterocycles. The molecule has 0 fully saturated rings. The largest absolute Gasteiger partial charge is 0.489 e. The van der Waals surface area contributed by atoms with E-state index >= 15 is 0 Å². The molecule has 32 heavy (non-hydrogen) atoms. The Balaban J connectivity index is 1.53. The zero-order valence-electron chi connectivity index (χ0n) is 17.7. The SMILES string of the molecule is O=C(c1cccc(OCc2ccccc2Cl)c1)N(Cc1ccccc1)Cc1ccccc1. The van der Waals surface area contributed by atoms with E-state index in [0.717, 1.165) is 16.7 Å². The molecule has 0 radical (unpaired) electrons. The fraction of sp³-hybridized carbons (Fsp3) is 0.107. The smallest absolute Gasteiger partial charge is 0.254 e. The molecule has 4 rings (SSSR count). The highest BCUT2D eigenvalue weighted by Gasteiger charge is 2.17. The van der Waals surface area contributed by atoms with Crippen molar-refractivity contribution in [1.82, 2.24) is 4.90 Å². The number of hydrogen-bond donors (Lipinski definition) is 0. The lowest BCUT2D eigenvalue weighted by Gasteiger charge is -2.23. The van der Waals surface area contributed by atoms with Crippen molar-refractivity contribution in [2.75, 3.05) is 0 Å². The van der Waals surface area contributed by atoms with E-state index in [2.05, 4.69) is 0 Å². The van der Waals surface area contributed by atoms with Gasteiger partial charge in [-0.15, -0.1) is 0 Å². The first-order valence-corrected chi connectivity index (χ1v) is 10.9. The van der Waals surface area contributed by atoms with E-state index in [-0.39, 0.29) is 5.91 Å². The van der Waals surface area contributed by atoms with E-state index in [0.29, 0.717) is 36.0 Å². The summed E-state index contributed by atoms with van der Waals surface area (Å²) in [5, 5.41) is 0.664. The van der Waals surface area contributed by atoms with Crippen LogP contribution in [0.3, 0.4) is 0 Å². The summed E-state index contributed by atoms with van der Waals surface area (Å²) in [7, 11) is 0. The van der Waals surface area contributed by atoms with Crippen LogP contribution in [0.25, 0.3) is 0 Å². The van der Waals surface area contributed by atoms with Crippen molar-refractivity contribution >= 4 is 17.5 Å². The number of carbonyl (C=O) groups is 1. The Morgan fingerprint density at radius 2 is 1.31 bits per heavy atom. The van der Waals surface area contributed by atoms with Crippen molar-refractivity contribution in [1.29, 1.82) is 0 Å². The van der Waals surface area contributed by atoms with Gasteiger partial charge in [0.05, 0.1) is 0 Å². The van der Waals surface area contributed by atoms with E-state index in [4.69, 9.17) is 16.3 Å². The van der Waals surface area contributed by atoms with Crippen LogP contribution in [0.5, 0.6) is 5.75 Å². The van der Waals surface area contributed by atoms with Gasteiger partial charge in [0.25, 0.3) is 5.91 Å². The minimum absolute atomic E-state index is 0.0408.